The summed E-state index contributed by atoms with van der Waals surface area (Å²) in [6.45, 7) is 1.84. The van der Waals surface area contributed by atoms with Gasteiger partial charge in [0.15, 0.2) is 0 Å². The lowest BCUT2D eigenvalue weighted by Crippen LogP contribution is -2.26. The van der Waals surface area contributed by atoms with E-state index >= 15 is 0 Å². The van der Waals surface area contributed by atoms with Crippen LogP contribution < -0.4 is 16.0 Å². The molecule has 0 bridgehead atoms. The van der Waals surface area contributed by atoms with Crippen molar-refractivity contribution in [3.05, 3.63) is 53.6 Å². The Hall–Kier alpha value is -2.80. The van der Waals surface area contributed by atoms with Crippen molar-refractivity contribution in [3.63, 3.8) is 0 Å². The lowest BCUT2D eigenvalue weighted by atomic mass is 10.1. The molecule has 1 heterocycles. The van der Waals surface area contributed by atoms with Gasteiger partial charge in [-0.05, 0) is 49.4 Å². The molecule has 1 unspecified atom stereocenters. The predicted octanol–water partition coefficient (Wildman–Crippen LogP) is 2.73. The normalized spacial score (nSPS) is 15.8. The molecule has 1 aliphatic heterocycles. The molecule has 0 aromatic heterocycles. The van der Waals surface area contributed by atoms with Crippen LogP contribution in [0.1, 0.15) is 27.6 Å². The topological polar surface area (TPSA) is 87.3 Å². The fraction of sp³-hybridized carbons (Fsp3) is 0.167. The van der Waals surface area contributed by atoms with E-state index in [1.165, 1.54) is 11.8 Å². The number of nitrogens with one attached hydrogen (secondary N) is 3. The van der Waals surface area contributed by atoms with Crippen molar-refractivity contribution in [2.24, 2.45) is 0 Å². The van der Waals surface area contributed by atoms with Crippen molar-refractivity contribution in [3.8, 4) is 0 Å². The molecule has 1 atom stereocenters. The average Bonchev–Trinajstić information content (AvgIpc) is 2.62. The number of thioether (sulfide) groups is 1. The van der Waals surface area contributed by atoms with Crippen molar-refractivity contribution in [2.75, 3.05) is 17.7 Å². The van der Waals surface area contributed by atoms with Gasteiger partial charge in [0.25, 0.3) is 11.8 Å². The predicted molar refractivity (Wildman–Crippen MR) is 98.2 cm³/mol. The summed E-state index contributed by atoms with van der Waals surface area (Å²) in [4.78, 5) is 36.6. The van der Waals surface area contributed by atoms with Crippen molar-refractivity contribution < 1.29 is 14.4 Å². The van der Waals surface area contributed by atoms with Crippen LogP contribution in [0.4, 0.5) is 11.4 Å². The Morgan fingerprint density at radius 3 is 2.40 bits per heavy atom. The van der Waals surface area contributed by atoms with E-state index in [0.717, 1.165) is 4.90 Å². The highest BCUT2D eigenvalue weighted by Crippen LogP contribution is 2.36. The van der Waals surface area contributed by atoms with Gasteiger partial charge in [-0.25, -0.2) is 0 Å². The van der Waals surface area contributed by atoms with E-state index in [4.69, 9.17) is 0 Å². The molecule has 0 saturated heterocycles. The second-order valence-corrected chi connectivity index (χ2v) is 6.95. The minimum atomic E-state index is -0.284. The number of rotatable bonds is 3. The van der Waals surface area contributed by atoms with E-state index in [0.29, 0.717) is 22.5 Å². The maximum absolute atomic E-state index is 12.4. The molecule has 0 saturated carbocycles. The lowest BCUT2D eigenvalue weighted by Gasteiger charge is -2.21. The van der Waals surface area contributed by atoms with Gasteiger partial charge in [-0.15, -0.1) is 11.8 Å². The first-order valence-corrected chi connectivity index (χ1v) is 8.61. The molecule has 0 radical (unpaired) electrons. The van der Waals surface area contributed by atoms with Crippen molar-refractivity contribution in [2.45, 2.75) is 17.1 Å². The first-order valence-electron chi connectivity index (χ1n) is 7.73. The molecule has 0 fully saturated rings. The van der Waals surface area contributed by atoms with Crippen LogP contribution in [0.2, 0.25) is 0 Å². The van der Waals surface area contributed by atoms with Gasteiger partial charge in [-0.2, -0.15) is 0 Å². The fourth-order valence-electron chi connectivity index (χ4n) is 2.40. The number of hydrogen-bond donors (Lipinski definition) is 3. The Balaban J connectivity index is 1.74. The third kappa shape index (κ3) is 3.66. The number of amides is 3. The third-order valence-electron chi connectivity index (χ3n) is 3.80. The minimum Gasteiger partial charge on any atom is -0.355 e. The summed E-state index contributed by atoms with van der Waals surface area (Å²) in [5.74, 6) is -0.539. The van der Waals surface area contributed by atoms with E-state index in [2.05, 4.69) is 16.0 Å². The molecule has 128 valence electrons. The Morgan fingerprint density at radius 1 is 1.04 bits per heavy atom. The summed E-state index contributed by atoms with van der Waals surface area (Å²) in [5.41, 5.74) is 2.20. The molecule has 7 heteroatoms. The molecular weight excluding hydrogens is 338 g/mol. The zero-order valence-electron chi connectivity index (χ0n) is 13.8. The number of anilines is 2. The van der Waals surface area contributed by atoms with Gasteiger partial charge in [0.1, 0.15) is 0 Å². The van der Waals surface area contributed by atoms with Crippen LogP contribution in [0.25, 0.3) is 0 Å². The molecule has 2 aromatic carbocycles. The Kier molecular flexibility index (Phi) is 4.76. The zero-order chi connectivity index (χ0) is 18.0. The van der Waals surface area contributed by atoms with Gasteiger partial charge in [-0.3, -0.25) is 14.4 Å². The first kappa shape index (κ1) is 17.0. The van der Waals surface area contributed by atoms with E-state index in [-0.39, 0.29) is 23.0 Å². The minimum absolute atomic E-state index is 0.0696. The summed E-state index contributed by atoms with van der Waals surface area (Å²) in [6.07, 6.45) is 0. The molecule has 0 spiro atoms. The lowest BCUT2D eigenvalue weighted by molar-refractivity contribution is -0.115. The summed E-state index contributed by atoms with van der Waals surface area (Å²) >= 11 is 1.47. The number of hydrogen-bond acceptors (Lipinski definition) is 4. The SMILES string of the molecule is CNC(=O)c1ccc(NC(=O)c2ccc3c(c2)NC(=O)C(C)S3)cc1. The zero-order valence-corrected chi connectivity index (χ0v) is 14.6. The second-order valence-electron chi connectivity index (χ2n) is 5.57. The highest BCUT2D eigenvalue weighted by molar-refractivity contribution is 8.00. The molecule has 3 rings (SSSR count). The fourth-order valence-corrected chi connectivity index (χ4v) is 3.33. The van der Waals surface area contributed by atoms with Crippen molar-refractivity contribution in [1.82, 2.24) is 5.32 Å². The van der Waals surface area contributed by atoms with Crippen LogP contribution in [-0.2, 0) is 4.79 Å². The Labute approximate surface area is 149 Å². The van der Waals surface area contributed by atoms with Gasteiger partial charge in [-0.1, -0.05) is 0 Å². The third-order valence-corrected chi connectivity index (χ3v) is 4.98. The Bertz CT molecular complexity index is 849. The quantitative estimate of drug-likeness (QED) is 0.790. The standard InChI is InChI=1S/C18H17N3O3S/c1-10-16(22)21-14-9-12(5-8-15(14)25-10)18(24)20-13-6-3-11(4-7-13)17(23)19-2/h3-10H,1-2H3,(H,19,23)(H,20,24)(H,21,22). The van der Waals surface area contributed by atoms with Crippen LogP contribution in [0.15, 0.2) is 47.4 Å². The van der Waals surface area contributed by atoms with E-state index in [1.807, 2.05) is 13.0 Å². The number of benzene rings is 2. The molecule has 6 nitrogen and oxygen atoms in total. The highest BCUT2D eigenvalue weighted by atomic mass is 32.2. The van der Waals surface area contributed by atoms with Gasteiger partial charge >= 0.3 is 0 Å². The molecule has 0 aliphatic carbocycles. The largest absolute Gasteiger partial charge is 0.355 e. The monoisotopic (exact) mass is 355 g/mol. The maximum Gasteiger partial charge on any atom is 0.255 e. The first-order chi connectivity index (χ1) is 12.0. The smallest absolute Gasteiger partial charge is 0.255 e. The molecule has 3 amide bonds. The Morgan fingerprint density at radius 2 is 1.72 bits per heavy atom. The number of carbonyl (C=O) groups is 3. The molecule has 1 aliphatic rings. The summed E-state index contributed by atoms with van der Waals surface area (Å²) < 4.78 is 0. The maximum atomic E-state index is 12.4. The van der Waals surface area contributed by atoms with Crippen LogP contribution in [0, 0.1) is 0 Å². The molecule has 25 heavy (non-hydrogen) atoms. The van der Waals surface area contributed by atoms with Gasteiger partial charge in [0.05, 0.1) is 10.9 Å². The van der Waals surface area contributed by atoms with E-state index in [1.54, 1.807) is 43.4 Å². The molecule has 2 aromatic rings. The van der Waals surface area contributed by atoms with Gasteiger partial charge in [0.2, 0.25) is 5.91 Å². The van der Waals surface area contributed by atoms with Crippen LogP contribution in [-0.4, -0.2) is 30.0 Å². The van der Waals surface area contributed by atoms with Crippen LogP contribution in [0.3, 0.4) is 0 Å². The summed E-state index contributed by atoms with van der Waals surface area (Å²) in [7, 11) is 1.56. The van der Waals surface area contributed by atoms with Crippen molar-refractivity contribution in [1.29, 1.82) is 0 Å². The average molecular weight is 355 g/mol. The van der Waals surface area contributed by atoms with E-state index in [9.17, 15) is 14.4 Å². The second kappa shape index (κ2) is 6.98. The van der Waals surface area contributed by atoms with Crippen LogP contribution >= 0.6 is 11.8 Å². The van der Waals surface area contributed by atoms with Gasteiger partial charge in [0, 0.05) is 28.8 Å². The molecular formula is C18H17N3O3S. The van der Waals surface area contributed by atoms with E-state index < -0.39 is 0 Å². The van der Waals surface area contributed by atoms with Crippen LogP contribution in [0.5, 0.6) is 0 Å². The highest BCUT2D eigenvalue weighted by Gasteiger charge is 2.23. The van der Waals surface area contributed by atoms with Crippen molar-refractivity contribution >= 4 is 40.9 Å². The number of fused-ring (bicyclic) bond motifs is 1. The molecule has 3 N–H and O–H groups in total. The number of carbonyl (C=O) groups excluding carboxylic acids is 3. The summed E-state index contributed by atoms with van der Waals surface area (Å²) in [6, 6.07) is 11.8. The summed E-state index contributed by atoms with van der Waals surface area (Å²) in [5, 5.41) is 7.98. The van der Waals surface area contributed by atoms with Gasteiger partial charge < -0.3 is 16.0 Å².